The summed E-state index contributed by atoms with van der Waals surface area (Å²) >= 11 is 6.97. The summed E-state index contributed by atoms with van der Waals surface area (Å²) in [5, 5.41) is 11.0. The van der Waals surface area contributed by atoms with Gasteiger partial charge in [-0.2, -0.15) is 9.36 Å². The number of aromatic nitrogens is 5. The second-order valence-electron chi connectivity index (χ2n) is 5.89. The zero-order valence-electron chi connectivity index (χ0n) is 14.7. The second kappa shape index (κ2) is 7.64. The number of halogens is 3. The summed E-state index contributed by atoms with van der Waals surface area (Å²) in [7, 11) is 0. The lowest BCUT2D eigenvalue weighted by molar-refractivity contribution is 0.102. The number of carbonyl (C=O) groups excluding carboxylic acids is 1. The number of hydrogen-bond acceptors (Lipinski definition) is 6. The van der Waals surface area contributed by atoms with Gasteiger partial charge in [0.1, 0.15) is 17.3 Å². The molecule has 0 bridgehead atoms. The maximum atomic E-state index is 14.0. The number of amides is 1. The fourth-order valence-electron chi connectivity index (χ4n) is 2.59. The highest BCUT2D eigenvalue weighted by atomic mass is 35.5. The summed E-state index contributed by atoms with van der Waals surface area (Å²) in [5.41, 5.74) is 0.915. The third kappa shape index (κ3) is 3.71. The molecule has 0 aliphatic heterocycles. The molecule has 1 amide bonds. The van der Waals surface area contributed by atoms with Crippen LogP contribution in [0.3, 0.4) is 0 Å². The highest BCUT2D eigenvalue weighted by Crippen LogP contribution is 2.25. The molecule has 0 saturated carbocycles. The highest BCUT2D eigenvalue weighted by Gasteiger charge is 2.20. The summed E-state index contributed by atoms with van der Waals surface area (Å²) in [6.07, 6.45) is 0. The number of anilines is 1. The van der Waals surface area contributed by atoms with Crippen molar-refractivity contribution in [2.24, 2.45) is 0 Å². The van der Waals surface area contributed by atoms with Crippen LogP contribution < -0.4 is 5.32 Å². The van der Waals surface area contributed by atoms with Crippen LogP contribution in [-0.2, 0) is 0 Å². The molecule has 0 spiro atoms. The number of nitrogens with zero attached hydrogens (tertiary/aromatic N) is 5. The van der Waals surface area contributed by atoms with Gasteiger partial charge in [0, 0.05) is 17.6 Å². The van der Waals surface area contributed by atoms with Crippen molar-refractivity contribution in [3.05, 3.63) is 70.4 Å². The van der Waals surface area contributed by atoms with E-state index in [1.807, 2.05) is 0 Å². The standard InChI is InChI=1S/C18H11ClF2N6OS/c1-9-15(24-26-27(9)14-8-10(20)6-7-13(14)21)16-22-18(29-25-16)23-17(28)11-4-2-3-5-12(11)19/h2-8H,1H3,(H,22,23,25,28). The molecule has 0 saturated heterocycles. The zero-order valence-corrected chi connectivity index (χ0v) is 16.3. The first-order valence-electron chi connectivity index (χ1n) is 8.21. The van der Waals surface area contributed by atoms with Crippen LogP contribution in [0.2, 0.25) is 5.02 Å². The molecule has 4 rings (SSSR count). The van der Waals surface area contributed by atoms with E-state index in [9.17, 15) is 13.6 Å². The summed E-state index contributed by atoms with van der Waals surface area (Å²) in [5.74, 6) is -1.48. The van der Waals surface area contributed by atoms with Gasteiger partial charge in [-0.05, 0) is 31.2 Å². The Balaban J connectivity index is 1.61. The number of rotatable bonds is 4. The van der Waals surface area contributed by atoms with E-state index < -0.39 is 17.5 Å². The Morgan fingerprint density at radius 3 is 2.79 bits per heavy atom. The lowest BCUT2D eigenvalue weighted by Crippen LogP contribution is -2.12. The van der Waals surface area contributed by atoms with Crippen LogP contribution in [-0.4, -0.2) is 30.3 Å². The van der Waals surface area contributed by atoms with E-state index in [-0.39, 0.29) is 22.3 Å². The molecule has 2 aromatic carbocycles. The molecule has 2 heterocycles. The van der Waals surface area contributed by atoms with Crippen LogP contribution in [0.15, 0.2) is 42.5 Å². The zero-order chi connectivity index (χ0) is 20.5. The summed E-state index contributed by atoms with van der Waals surface area (Å²) in [4.78, 5) is 16.6. The van der Waals surface area contributed by atoms with Gasteiger partial charge in [0.25, 0.3) is 5.91 Å². The van der Waals surface area contributed by atoms with E-state index in [0.717, 1.165) is 34.4 Å². The Labute approximate surface area is 172 Å². The number of carbonyl (C=O) groups is 1. The van der Waals surface area contributed by atoms with Crippen molar-refractivity contribution in [3.63, 3.8) is 0 Å². The van der Waals surface area contributed by atoms with Gasteiger partial charge in [-0.1, -0.05) is 28.9 Å². The van der Waals surface area contributed by atoms with Crippen molar-refractivity contribution in [2.45, 2.75) is 6.92 Å². The lowest BCUT2D eigenvalue weighted by Gasteiger charge is -2.04. The second-order valence-corrected chi connectivity index (χ2v) is 7.05. The summed E-state index contributed by atoms with van der Waals surface area (Å²) in [6, 6.07) is 9.65. The van der Waals surface area contributed by atoms with Gasteiger partial charge in [-0.3, -0.25) is 10.1 Å². The van der Waals surface area contributed by atoms with Gasteiger partial charge >= 0.3 is 0 Å². The van der Waals surface area contributed by atoms with Crippen molar-refractivity contribution >= 4 is 34.2 Å². The molecule has 0 radical (unpaired) electrons. The molecule has 29 heavy (non-hydrogen) atoms. The number of nitrogens with one attached hydrogen (secondary N) is 1. The van der Waals surface area contributed by atoms with Gasteiger partial charge in [-0.15, -0.1) is 5.10 Å². The van der Waals surface area contributed by atoms with Crippen LogP contribution in [0.4, 0.5) is 13.9 Å². The molecule has 0 atom stereocenters. The predicted molar refractivity (Wildman–Crippen MR) is 104 cm³/mol. The Bertz CT molecular complexity index is 1220. The summed E-state index contributed by atoms with van der Waals surface area (Å²) < 4.78 is 32.9. The molecule has 146 valence electrons. The minimum atomic E-state index is -0.648. The molecule has 11 heteroatoms. The Kier molecular flexibility index (Phi) is 5.03. The predicted octanol–water partition coefficient (Wildman–Crippen LogP) is 4.28. The smallest absolute Gasteiger partial charge is 0.258 e. The maximum absolute atomic E-state index is 14.0. The average molecular weight is 433 g/mol. The molecule has 4 aromatic rings. The first-order chi connectivity index (χ1) is 13.9. The van der Waals surface area contributed by atoms with Crippen LogP contribution >= 0.6 is 23.1 Å². The maximum Gasteiger partial charge on any atom is 0.258 e. The van der Waals surface area contributed by atoms with Crippen molar-refractivity contribution in [3.8, 4) is 17.2 Å². The highest BCUT2D eigenvalue weighted by molar-refractivity contribution is 7.10. The monoisotopic (exact) mass is 432 g/mol. The normalized spacial score (nSPS) is 10.9. The molecule has 0 unspecified atom stereocenters. The van der Waals surface area contributed by atoms with Crippen molar-refractivity contribution in [1.82, 2.24) is 24.4 Å². The SMILES string of the molecule is Cc1c(-c2nsc(NC(=O)c3ccccc3Cl)n2)nnn1-c1cc(F)ccc1F. The molecule has 0 aliphatic carbocycles. The largest absolute Gasteiger partial charge is 0.297 e. The molecule has 0 aliphatic rings. The number of benzene rings is 2. The molecule has 7 nitrogen and oxygen atoms in total. The Morgan fingerprint density at radius 1 is 1.21 bits per heavy atom. The van der Waals surface area contributed by atoms with E-state index in [1.165, 1.54) is 0 Å². The minimum Gasteiger partial charge on any atom is -0.297 e. The lowest BCUT2D eigenvalue weighted by atomic mass is 10.2. The third-order valence-corrected chi connectivity index (χ3v) is 4.97. The summed E-state index contributed by atoms with van der Waals surface area (Å²) in [6.45, 7) is 1.63. The Hall–Kier alpha value is -3.24. The molecular formula is C18H11ClF2N6OS. The van der Waals surface area contributed by atoms with E-state index in [2.05, 4.69) is 25.0 Å². The van der Waals surface area contributed by atoms with Gasteiger partial charge < -0.3 is 0 Å². The topological polar surface area (TPSA) is 85.6 Å². The third-order valence-electron chi connectivity index (χ3n) is 4.01. The minimum absolute atomic E-state index is 0.0799. The number of hydrogen-bond donors (Lipinski definition) is 1. The van der Waals surface area contributed by atoms with Gasteiger partial charge in [0.15, 0.2) is 11.5 Å². The molecular weight excluding hydrogens is 422 g/mol. The van der Waals surface area contributed by atoms with Crippen LogP contribution in [0.5, 0.6) is 0 Å². The van der Waals surface area contributed by atoms with Crippen LogP contribution in [0, 0.1) is 18.6 Å². The van der Waals surface area contributed by atoms with Crippen molar-refractivity contribution < 1.29 is 13.6 Å². The fourth-order valence-corrected chi connectivity index (χ4v) is 3.38. The molecule has 2 aromatic heterocycles. The quantitative estimate of drug-likeness (QED) is 0.520. The van der Waals surface area contributed by atoms with E-state index >= 15 is 0 Å². The average Bonchev–Trinajstić information content (AvgIpc) is 3.30. The van der Waals surface area contributed by atoms with E-state index in [0.29, 0.717) is 16.3 Å². The van der Waals surface area contributed by atoms with Crippen molar-refractivity contribution in [1.29, 1.82) is 0 Å². The molecule has 0 fully saturated rings. The first kappa shape index (κ1) is 19.1. The Morgan fingerprint density at radius 2 is 2.00 bits per heavy atom. The fraction of sp³-hybridized carbons (Fsp3) is 0.0556. The van der Waals surface area contributed by atoms with Gasteiger partial charge in [0.05, 0.1) is 16.3 Å². The van der Waals surface area contributed by atoms with Crippen LogP contribution in [0.25, 0.3) is 17.2 Å². The van der Waals surface area contributed by atoms with Gasteiger partial charge in [-0.25, -0.2) is 13.5 Å². The van der Waals surface area contributed by atoms with Gasteiger partial charge in [0.2, 0.25) is 5.13 Å². The van der Waals surface area contributed by atoms with Crippen molar-refractivity contribution in [2.75, 3.05) is 5.32 Å². The molecule has 1 N–H and O–H groups in total. The first-order valence-corrected chi connectivity index (χ1v) is 9.37. The van der Waals surface area contributed by atoms with Crippen LogP contribution in [0.1, 0.15) is 16.1 Å². The van der Waals surface area contributed by atoms with E-state index in [4.69, 9.17) is 11.6 Å². The van der Waals surface area contributed by atoms with E-state index in [1.54, 1.807) is 31.2 Å².